The molecule has 0 unspecified atom stereocenters. The van der Waals surface area contributed by atoms with Gasteiger partial charge in [-0.2, -0.15) is 5.10 Å². The lowest BCUT2D eigenvalue weighted by Gasteiger charge is -2.12. The normalized spacial score (nSPS) is 14.0. The monoisotopic (exact) mass is 354 g/mol. The van der Waals surface area contributed by atoms with Gasteiger partial charge in [0.15, 0.2) is 0 Å². The molecule has 1 aliphatic heterocycles. The van der Waals surface area contributed by atoms with Crippen molar-refractivity contribution in [1.82, 2.24) is 9.78 Å². The molecule has 0 bridgehead atoms. The molecule has 3 rings (SSSR count). The minimum absolute atomic E-state index is 0.742. The van der Waals surface area contributed by atoms with Gasteiger partial charge in [0, 0.05) is 19.3 Å². The van der Waals surface area contributed by atoms with Crippen LogP contribution in [0.2, 0.25) is 0 Å². The Hall–Kier alpha value is -1.24. The van der Waals surface area contributed by atoms with E-state index in [4.69, 9.17) is 5.73 Å². The van der Waals surface area contributed by atoms with E-state index in [0.717, 1.165) is 28.9 Å². The summed E-state index contributed by atoms with van der Waals surface area (Å²) in [5.74, 6) is 0.744. The number of halogens is 1. The Balaban J connectivity index is 1.88. The number of anilines is 2. The molecule has 0 saturated heterocycles. The van der Waals surface area contributed by atoms with Crippen LogP contribution >= 0.6 is 22.6 Å². The quantitative estimate of drug-likeness (QED) is 0.841. The number of nitrogens with zero attached hydrogens (tertiary/aromatic N) is 3. The van der Waals surface area contributed by atoms with Crippen LogP contribution in [0.3, 0.4) is 0 Å². The second kappa shape index (κ2) is 4.46. The number of hydrogen-bond donors (Lipinski definition) is 1. The molecule has 18 heavy (non-hydrogen) atoms. The van der Waals surface area contributed by atoms with Gasteiger partial charge in [-0.3, -0.25) is 0 Å². The fraction of sp³-hybridized carbons (Fsp3) is 0.308. The fourth-order valence-electron chi connectivity index (χ4n) is 2.39. The lowest BCUT2D eigenvalue weighted by molar-refractivity contribution is 0.696. The topological polar surface area (TPSA) is 47.1 Å². The number of hydrogen-bond acceptors (Lipinski definition) is 3. The largest absolute Gasteiger partial charge is 0.383 e. The summed E-state index contributed by atoms with van der Waals surface area (Å²) in [5.41, 5.74) is 10.0. The minimum Gasteiger partial charge on any atom is -0.383 e. The summed E-state index contributed by atoms with van der Waals surface area (Å²) in [6, 6.07) is 6.63. The fourth-order valence-corrected chi connectivity index (χ4v) is 2.79. The third-order valence-electron chi connectivity index (χ3n) is 3.44. The number of benzene rings is 1. The van der Waals surface area contributed by atoms with Crippen LogP contribution in [-0.2, 0) is 13.0 Å². The van der Waals surface area contributed by atoms with Gasteiger partial charge in [0.25, 0.3) is 0 Å². The molecule has 0 radical (unpaired) electrons. The second-order valence-corrected chi connectivity index (χ2v) is 5.83. The van der Waals surface area contributed by atoms with E-state index < -0.39 is 0 Å². The summed E-state index contributed by atoms with van der Waals surface area (Å²) in [4.78, 5) is 2.30. The molecule has 0 aliphatic carbocycles. The summed E-state index contributed by atoms with van der Waals surface area (Å²) < 4.78 is 2.86. The summed E-state index contributed by atoms with van der Waals surface area (Å²) in [5, 5.41) is 4.29. The van der Waals surface area contributed by atoms with Crippen molar-refractivity contribution < 1.29 is 0 Å². The van der Waals surface area contributed by atoms with Crippen molar-refractivity contribution >= 4 is 34.1 Å². The van der Waals surface area contributed by atoms with E-state index >= 15 is 0 Å². The number of aromatic nitrogens is 2. The summed E-state index contributed by atoms with van der Waals surface area (Å²) in [6.07, 6.45) is 2.93. The average Bonchev–Trinajstić information content (AvgIpc) is 2.88. The molecule has 1 aromatic heterocycles. The van der Waals surface area contributed by atoms with Crippen LogP contribution in [0.1, 0.15) is 11.1 Å². The van der Waals surface area contributed by atoms with E-state index in [2.05, 4.69) is 57.8 Å². The van der Waals surface area contributed by atoms with Crippen LogP contribution in [0.5, 0.6) is 0 Å². The highest BCUT2D eigenvalue weighted by molar-refractivity contribution is 14.1. The van der Waals surface area contributed by atoms with Gasteiger partial charge in [-0.15, -0.1) is 0 Å². The molecule has 1 aliphatic rings. The van der Waals surface area contributed by atoms with Crippen LogP contribution in [0.15, 0.2) is 24.4 Å². The van der Waals surface area contributed by atoms with Crippen LogP contribution in [-0.4, -0.2) is 23.4 Å². The van der Waals surface area contributed by atoms with Gasteiger partial charge in [0.2, 0.25) is 0 Å². The third kappa shape index (κ3) is 1.96. The van der Waals surface area contributed by atoms with Gasteiger partial charge in [0.05, 0.1) is 16.3 Å². The van der Waals surface area contributed by atoms with E-state index in [1.54, 1.807) is 6.20 Å². The van der Waals surface area contributed by atoms with Gasteiger partial charge in [-0.25, -0.2) is 4.68 Å². The first-order chi connectivity index (χ1) is 8.65. The van der Waals surface area contributed by atoms with Crippen molar-refractivity contribution in [3.8, 4) is 0 Å². The summed E-state index contributed by atoms with van der Waals surface area (Å²) in [6.45, 7) is 1.85. The Bertz CT molecular complexity index is 591. The van der Waals surface area contributed by atoms with Crippen LogP contribution in [0.25, 0.3) is 0 Å². The Morgan fingerprint density at radius 2 is 2.28 bits per heavy atom. The van der Waals surface area contributed by atoms with Gasteiger partial charge in [0.1, 0.15) is 5.82 Å². The second-order valence-electron chi connectivity index (χ2n) is 4.67. The highest BCUT2D eigenvalue weighted by Gasteiger charge is 2.15. The Kier molecular flexibility index (Phi) is 2.93. The van der Waals surface area contributed by atoms with E-state index in [0.29, 0.717) is 0 Å². The predicted molar refractivity (Wildman–Crippen MR) is 81.9 cm³/mol. The first-order valence-corrected chi connectivity index (χ1v) is 7.03. The molecule has 5 heteroatoms. The maximum atomic E-state index is 5.97. The Morgan fingerprint density at radius 1 is 1.44 bits per heavy atom. The van der Waals surface area contributed by atoms with Crippen molar-refractivity contribution in [2.24, 2.45) is 0 Å². The molecular weight excluding hydrogens is 339 g/mol. The lowest BCUT2D eigenvalue weighted by atomic mass is 10.1. The maximum Gasteiger partial charge on any atom is 0.135 e. The van der Waals surface area contributed by atoms with Crippen molar-refractivity contribution in [3.63, 3.8) is 0 Å². The number of nitrogens with two attached hydrogens (primary N) is 1. The first kappa shape index (κ1) is 11.8. The van der Waals surface area contributed by atoms with Crippen molar-refractivity contribution in [3.05, 3.63) is 39.1 Å². The van der Waals surface area contributed by atoms with Crippen molar-refractivity contribution in [2.45, 2.75) is 13.0 Å². The Morgan fingerprint density at radius 3 is 3.00 bits per heavy atom. The van der Waals surface area contributed by atoms with Gasteiger partial charge < -0.3 is 10.6 Å². The molecule has 2 N–H and O–H groups in total. The summed E-state index contributed by atoms with van der Waals surface area (Å²) >= 11 is 2.20. The molecule has 2 heterocycles. The molecule has 1 aromatic carbocycles. The van der Waals surface area contributed by atoms with Crippen molar-refractivity contribution in [2.75, 3.05) is 24.2 Å². The van der Waals surface area contributed by atoms with Gasteiger partial charge >= 0.3 is 0 Å². The molecule has 0 fully saturated rings. The van der Waals surface area contributed by atoms with Gasteiger partial charge in [-0.1, -0.05) is 12.1 Å². The average molecular weight is 354 g/mol. The molecule has 0 saturated carbocycles. The highest BCUT2D eigenvalue weighted by atomic mass is 127. The molecule has 0 amide bonds. The summed E-state index contributed by atoms with van der Waals surface area (Å²) in [7, 11) is 2.14. The molecule has 4 nitrogen and oxygen atoms in total. The molecular formula is C13H15IN4. The molecule has 2 aromatic rings. The first-order valence-electron chi connectivity index (χ1n) is 5.95. The van der Waals surface area contributed by atoms with Gasteiger partial charge in [-0.05, 0) is 46.2 Å². The third-order valence-corrected chi connectivity index (χ3v) is 4.27. The van der Waals surface area contributed by atoms with E-state index in [1.807, 2.05) is 4.68 Å². The molecule has 94 valence electrons. The Labute approximate surface area is 120 Å². The predicted octanol–water partition coefficient (Wildman–Crippen LogP) is 2.11. The zero-order chi connectivity index (χ0) is 12.7. The molecule has 0 atom stereocenters. The number of fused-ring (bicyclic) bond motifs is 1. The number of rotatable bonds is 2. The van der Waals surface area contributed by atoms with Crippen LogP contribution < -0.4 is 10.6 Å². The smallest absolute Gasteiger partial charge is 0.135 e. The lowest BCUT2D eigenvalue weighted by Crippen LogP contribution is -2.12. The van der Waals surface area contributed by atoms with E-state index in [1.165, 1.54) is 16.8 Å². The number of likely N-dealkylation sites (N-methyl/N-ethyl adjacent to an activating group) is 1. The zero-order valence-corrected chi connectivity index (χ0v) is 12.4. The van der Waals surface area contributed by atoms with Crippen LogP contribution in [0, 0.1) is 3.57 Å². The van der Waals surface area contributed by atoms with Crippen molar-refractivity contribution in [1.29, 1.82) is 0 Å². The maximum absolute atomic E-state index is 5.97. The number of nitrogen functional groups attached to an aromatic ring is 1. The van der Waals surface area contributed by atoms with E-state index in [-0.39, 0.29) is 0 Å². The molecule has 0 spiro atoms. The van der Waals surface area contributed by atoms with Crippen LogP contribution in [0.4, 0.5) is 11.5 Å². The van der Waals surface area contributed by atoms with E-state index in [9.17, 15) is 0 Å². The SMILES string of the molecule is CN1CCc2cc(Cn3ncc(I)c3N)ccc21. The highest BCUT2D eigenvalue weighted by Crippen LogP contribution is 2.27. The zero-order valence-electron chi connectivity index (χ0n) is 10.2. The minimum atomic E-state index is 0.742. The standard InChI is InChI=1S/C13H15IN4/c1-17-5-4-10-6-9(2-3-12(10)17)8-18-13(15)11(14)7-16-18/h2-3,6-7H,4-5,8,15H2,1H3.